The first-order valence-electron chi connectivity index (χ1n) is 6.56. The third kappa shape index (κ3) is 2.86. The zero-order valence-electron chi connectivity index (χ0n) is 10.8. The van der Waals surface area contributed by atoms with Gasteiger partial charge in [-0.3, -0.25) is 4.79 Å². The summed E-state index contributed by atoms with van der Waals surface area (Å²) in [5.74, 6) is -0.942. The van der Waals surface area contributed by atoms with E-state index in [2.05, 4.69) is 4.98 Å². The lowest BCUT2D eigenvalue weighted by molar-refractivity contribution is -0.142. The number of nitrogens with zero attached hydrogens (tertiary/aromatic N) is 1. The molecule has 1 aromatic heterocycles. The van der Waals surface area contributed by atoms with Crippen LogP contribution in [-0.4, -0.2) is 16.1 Å². The predicted molar refractivity (Wildman–Crippen MR) is 79.5 cm³/mol. The molecule has 3 nitrogen and oxygen atoms in total. The normalized spacial score (nSPS) is 17.8. The van der Waals surface area contributed by atoms with E-state index < -0.39 is 5.97 Å². The molecule has 0 spiro atoms. The number of aliphatic carboxylic acids is 1. The summed E-state index contributed by atoms with van der Waals surface area (Å²) >= 11 is 7.62. The van der Waals surface area contributed by atoms with Crippen molar-refractivity contribution in [3.05, 3.63) is 50.4 Å². The second kappa shape index (κ2) is 5.54. The van der Waals surface area contributed by atoms with Crippen LogP contribution in [0.1, 0.15) is 27.6 Å². The van der Waals surface area contributed by atoms with Gasteiger partial charge in [0.1, 0.15) is 0 Å². The highest BCUT2D eigenvalue weighted by Crippen LogP contribution is 2.31. The highest BCUT2D eigenvalue weighted by Gasteiger charge is 2.27. The van der Waals surface area contributed by atoms with Crippen molar-refractivity contribution in [2.45, 2.75) is 25.7 Å². The molecule has 104 valence electrons. The minimum absolute atomic E-state index is 0.248. The first kappa shape index (κ1) is 13.6. The Morgan fingerprint density at radius 1 is 1.50 bits per heavy atom. The molecule has 20 heavy (non-hydrogen) atoms. The Labute approximate surface area is 126 Å². The zero-order valence-corrected chi connectivity index (χ0v) is 12.4. The van der Waals surface area contributed by atoms with Gasteiger partial charge in [-0.15, -0.1) is 11.3 Å². The van der Waals surface area contributed by atoms with Gasteiger partial charge in [0.05, 0.1) is 16.6 Å². The largest absolute Gasteiger partial charge is 0.481 e. The van der Waals surface area contributed by atoms with Gasteiger partial charge in [0, 0.05) is 16.3 Å². The molecule has 1 N–H and O–H groups in total. The molecule has 1 aromatic carbocycles. The lowest BCUT2D eigenvalue weighted by atomic mass is 9.91. The maximum atomic E-state index is 11.1. The van der Waals surface area contributed by atoms with Crippen LogP contribution < -0.4 is 0 Å². The lowest BCUT2D eigenvalue weighted by Crippen LogP contribution is -2.21. The van der Waals surface area contributed by atoms with Gasteiger partial charge in [-0.25, -0.2) is 4.98 Å². The summed E-state index contributed by atoms with van der Waals surface area (Å²) in [6, 6.07) is 7.77. The molecule has 1 aliphatic rings. The third-order valence-electron chi connectivity index (χ3n) is 3.58. The minimum Gasteiger partial charge on any atom is -0.481 e. The number of hydrogen-bond acceptors (Lipinski definition) is 3. The average molecular weight is 308 g/mol. The van der Waals surface area contributed by atoms with Gasteiger partial charge in [0.25, 0.3) is 0 Å². The first-order chi connectivity index (χ1) is 9.61. The Bertz CT molecular complexity index is 653. The van der Waals surface area contributed by atoms with Gasteiger partial charge < -0.3 is 5.11 Å². The van der Waals surface area contributed by atoms with Gasteiger partial charge in [0.2, 0.25) is 0 Å². The summed E-state index contributed by atoms with van der Waals surface area (Å²) < 4.78 is 0. The average Bonchev–Trinajstić information content (AvgIpc) is 2.79. The molecule has 1 unspecified atom stereocenters. The minimum atomic E-state index is -0.694. The van der Waals surface area contributed by atoms with Crippen molar-refractivity contribution in [2.24, 2.45) is 5.92 Å². The number of aryl methyl sites for hydroxylation is 1. The Balaban J connectivity index is 1.79. The fourth-order valence-corrected chi connectivity index (χ4v) is 3.98. The molecule has 0 saturated carbocycles. The van der Waals surface area contributed by atoms with Crippen LogP contribution in [0.3, 0.4) is 0 Å². The van der Waals surface area contributed by atoms with Crippen molar-refractivity contribution < 1.29 is 9.90 Å². The van der Waals surface area contributed by atoms with Crippen molar-refractivity contribution in [3.8, 4) is 0 Å². The van der Waals surface area contributed by atoms with Gasteiger partial charge in [-0.2, -0.15) is 0 Å². The number of aromatic nitrogens is 1. The molecular weight excluding hydrogens is 294 g/mol. The number of carboxylic acids is 1. The van der Waals surface area contributed by atoms with Crippen LogP contribution in [0.25, 0.3) is 0 Å². The molecule has 3 rings (SSSR count). The summed E-state index contributed by atoms with van der Waals surface area (Å²) in [5.41, 5.74) is 2.22. The molecule has 5 heteroatoms. The molecule has 1 aliphatic carbocycles. The third-order valence-corrected chi connectivity index (χ3v) is 4.93. The van der Waals surface area contributed by atoms with Crippen LogP contribution in [0.2, 0.25) is 5.02 Å². The maximum absolute atomic E-state index is 11.1. The van der Waals surface area contributed by atoms with Crippen molar-refractivity contribution in [1.29, 1.82) is 0 Å². The monoisotopic (exact) mass is 307 g/mol. The van der Waals surface area contributed by atoms with Crippen LogP contribution in [0.15, 0.2) is 24.3 Å². The molecule has 2 aromatic rings. The van der Waals surface area contributed by atoms with E-state index in [0.29, 0.717) is 12.8 Å². The van der Waals surface area contributed by atoms with Crippen LogP contribution in [-0.2, 0) is 24.1 Å². The zero-order chi connectivity index (χ0) is 14.1. The van der Waals surface area contributed by atoms with E-state index in [4.69, 9.17) is 16.7 Å². The van der Waals surface area contributed by atoms with Crippen molar-refractivity contribution in [2.75, 3.05) is 0 Å². The van der Waals surface area contributed by atoms with E-state index in [1.165, 1.54) is 0 Å². The number of halogens is 1. The standard InChI is InChI=1S/C15H14ClNO2S/c16-11-3-1-2-9(6-11)7-14-17-12-5-4-10(15(18)19)8-13(12)20-14/h1-3,6,10H,4-5,7-8H2,(H,18,19). The summed E-state index contributed by atoms with van der Waals surface area (Å²) in [7, 11) is 0. The fraction of sp³-hybridized carbons (Fsp3) is 0.333. The molecule has 0 aliphatic heterocycles. The number of benzene rings is 1. The molecule has 0 radical (unpaired) electrons. The highest BCUT2D eigenvalue weighted by molar-refractivity contribution is 7.11. The maximum Gasteiger partial charge on any atom is 0.306 e. The summed E-state index contributed by atoms with van der Waals surface area (Å²) in [6.45, 7) is 0. The topological polar surface area (TPSA) is 50.2 Å². The SMILES string of the molecule is O=C(O)C1CCc2nc(Cc3cccc(Cl)c3)sc2C1. The van der Waals surface area contributed by atoms with Crippen LogP contribution in [0.5, 0.6) is 0 Å². The molecule has 1 atom stereocenters. The molecule has 0 amide bonds. The number of carboxylic acid groups (broad SMARTS) is 1. The smallest absolute Gasteiger partial charge is 0.306 e. The molecule has 0 bridgehead atoms. The molecule has 0 fully saturated rings. The van der Waals surface area contributed by atoms with Crippen molar-refractivity contribution in [1.82, 2.24) is 4.98 Å². The fourth-order valence-electron chi connectivity index (χ4n) is 2.54. The van der Waals surface area contributed by atoms with E-state index in [1.807, 2.05) is 24.3 Å². The van der Waals surface area contributed by atoms with Crippen molar-refractivity contribution >= 4 is 28.9 Å². The van der Waals surface area contributed by atoms with E-state index in [1.54, 1.807) is 11.3 Å². The Morgan fingerprint density at radius 3 is 3.10 bits per heavy atom. The van der Waals surface area contributed by atoms with Crippen LogP contribution in [0.4, 0.5) is 0 Å². The number of fused-ring (bicyclic) bond motifs is 1. The first-order valence-corrected chi connectivity index (χ1v) is 7.76. The van der Waals surface area contributed by atoms with E-state index in [-0.39, 0.29) is 5.92 Å². The Hall–Kier alpha value is -1.39. The second-order valence-electron chi connectivity index (χ2n) is 5.06. The molecular formula is C15H14ClNO2S. The van der Waals surface area contributed by atoms with Gasteiger partial charge >= 0.3 is 5.97 Å². The molecule has 1 heterocycles. The predicted octanol–water partition coefficient (Wildman–Crippen LogP) is 3.58. The number of hydrogen-bond donors (Lipinski definition) is 1. The van der Waals surface area contributed by atoms with Gasteiger partial charge in [-0.1, -0.05) is 23.7 Å². The van der Waals surface area contributed by atoms with Crippen LogP contribution >= 0.6 is 22.9 Å². The van der Waals surface area contributed by atoms with Crippen molar-refractivity contribution in [3.63, 3.8) is 0 Å². The number of rotatable bonds is 3. The summed E-state index contributed by atoms with van der Waals surface area (Å²) in [5, 5.41) is 10.9. The summed E-state index contributed by atoms with van der Waals surface area (Å²) in [4.78, 5) is 16.9. The van der Waals surface area contributed by atoms with Crippen LogP contribution in [0, 0.1) is 5.92 Å². The number of carbonyl (C=O) groups is 1. The van der Waals surface area contributed by atoms with Gasteiger partial charge in [-0.05, 0) is 37.0 Å². The second-order valence-corrected chi connectivity index (χ2v) is 6.67. The molecule has 0 saturated heterocycles. The van der Waals surface area contributed by atoms with E-state index >= 15 is 0 Å². The number of thiazole rings is 1. The highest BCUT2D eigenvalue weighted by atomic mass is 35.5. The Kier molecular flexibility index (Phi) is 3.76. The van der Waals surface area contributed by atoms with Gasteiger partial charge in [0.15, 0.2) is 0 Å². The Morgan fingerprint density at radius 2 is 2.35 bits per heavy atom. The quantitative estimate of drug-likeness (QED) is 0.943. The van der Waals surface area contributed by atoms with E-state index in [0.717, 1.165) is 39.0 Å². The summed E-state index contributed by atoms with van der Waals surface area (Å²) in [6.07, 6.45) is 2.86. The lowest BCUT2D eigenvalue weighted by Gasteiger charge is -2.16. The van der Waals surface area contributed by atoms with E-state index in [9.17, 15) is 4.79 Å².